The molecule has 6 heteroatoms. The van der Waals surface area contributed by atoms with Gasteiger partial charge in [0, 0.05) is 16.7 Å². The number of rotatable bonds is 5. The number of carbonyl (C=O) groups is 1. The van der Waals surface area contributed by atoms with E-state index in [1.165, 1.54) is 0 Å². The summed E-state index contributed by atoms with van der Waals surface area (Å²) in [5, 5.41) is 0. The molecule has 1 atom stereocenters. The monoisotopic (exact) mass is 432 g/mol. The maximum absolute atomic E-state index is 13.1. The molecule has 144 valence electrons. The van der Waals surface area contributed by atoms with E-state index in [9.17, 15) is 4.79 Å². The van der Waals surface area contributed by atoms with Gasteiger partial charge in [0.2, 0.25) is 5.91 Å². The van der Waals surface area contributed by atoms with Crippen LogP contribution in [0.1, 0.15) is 23.1 Å². The maximum Gasteiger partial charge on any atom is 0.244 e. The minimum atomic E-state index is -0.610. The number of amides is 1. The highest BCUT2D eigenvalue weighted by Crippen LogP contribution is 2.32. The molecule has 1 heterocycles. The standard InChI is InChI=1S/C21H25BrN2O3/c1-13-9-16(27-3)11-18(22)17(13)12-19(23)21(25)24-8-4-5-14-10-15(26-2)6-7-20(14)24/h6-7,9-11,19H,4-5,8,12,23H2,1-3H3. The van der Waals surface area contributed by atoms with Gasteiger partial charge in [0.25, 0.3) is 0 Å². The Morgan fingerprint density at radius 1 is 1.22 bits per heavy atom. The van der Waals surface area contributed by atoms with Gasteiger partial charge in [-0.15, -0.1) is 0 Å². The third-order valence-corrected chi connectivity index (χ3v) is 5.75. The Hall–Kier alpha value is -2.05. The molecule has 1 aliphatic heterocycles. The smallest absolute Gasteiger partial charge is 0.244 e. The number of methoxy groups -OCH3 is 2. The summed E-state index contributed by atoms with van der Waals surface area (Å²) in [4.78, 5) is 14.9. The van der Waals surface area contributed by atoms with Crippen molar-refractivity contribution in [3.63, 3.8) is 0 Å². The SMILES string of the molecule is COc1cc(C)c(CC(N)C(=O)N2CCCc3cc(OC)ccc32)c(Br)c1. The number of fused-ring (bicyclic) bond motifs is 1. The van der Waals surface area contributed by atoms with Crippen LogP contribution in [-0.2, 0) is 17.6 Å². The van der Waals surface area contributed by atoms with Crippen molar-refractivity contribution in [3.05, 3.63) is 51.5 Å². The lowest BCUT2D eigenvalue weighted by Crippen LogP contribution is -2.47. The molecule has 0 aliphatic carbocycles. The Morgan fingerprint density at radius 2 is 1.96 bits per heavy atom. The average molecular weight is 433 g/mol. The summed E-state index contributed by atoms with van der Waals surface area (Å²) in [6.45, 7) is 2.69. The van der Waals surface area contributed by atoms with Gasteiger partial charge in [0.1, 0.15) is 11.5 Å². The minimum Gasteiger partial charge on any atom is -0.497 e. The molecule has 0 aromatic heterocycles. The summed E-state index contributed by atoms with van der Waals surface area (Å²) in [6, 6.07) is 9.10. The van der Waals surface area contributed by atoms with E-state index in [1.54, 1.807) is 14.2 Å². The van der Waals surface area contributed by atoms with Gasteiger partial charge in [0.15, 0.2) is 0 Å². The van der Waals surface area contributed by atoms with Crippen LogP contribution in [0, 0.1) is 6.92 Å². The highest BCUT2D eigenvalue weighted by atomic mass is 79.9. The number of hydrogen-bond donors (Lipinski definition) is 1. The third-order valence-electron chi connectivity index (χ3n) is 5.04. The fraction of sp³-hybridized carbons (Fsp3) is 0.381. The van der Waals surface area contributed by atoms with E-state index in [4.69, 9.17) is 15.2 Å². The second-order valence-electron chi connectivity index (χ2n) is 6.80. The minimum absolute atomic E-state index is 0.0526. The van der Waals surface area contributed by atoms with E-state index in [0.717, 1.165) is 51.2 Å². The molecule has 2 aromatic rings. The highest BCUT2D eigenvalue weighted by molar-refractivity contribution is 9.10. The van der Waals surface area contributed by atoms with Crippen molar-refractivity contribution < 1.29 is 14.3 Å². The second-order valence-corrected chi connectivity index (χ2v) is 7.66. The first kappa shape index (κ1) is 19.7. The maximum atomic E-state index is 13.1. The van der Waals surface area contributed by atoms with Crippen molar-refractivity contribution in [1.82, 2.24) is 0 Å². The molecule has 0 radical (unpaired) electrons. The van der Waals surface area contributed by atoms with E-state index in [0.29, 0.717) is 13.0 Å². The molecule has 2 aromatic carbocycles. The Labute approximate surface area is 168 Å². The van der Waals surface area contributed by atoms with Crippen molar-refractivity contribution in [2.24, 2.45) is 5.73 Å². The van der Waals surface area contributed by atoms with Crippen LogP contribution in [0.4, 0.5) is 5.69 Å². The highest BCUT2D eigenvalue weighted by Gasteiger charge is 2.28. The Kier molecular flexibility index (Phi) is 6.07. The van der Waals surface area contributed by atoms with Crippen LogP contribution in [0.15, 0.2) is 34.8 Å². The van der Waals surface area contributed by atoms with Crippen LogP contribution in [0.25, 0.3) is 0 Å². The van der Waals surface area contributed by atoms with Gasteiger partial charge in [-0.25, -0.2) is 0 Å². The van der Waals surface area contributed by atoms with Gasteiger partial charge in [-0.2, -0.15) is 0 Å². The molecular weight excluding hydrogens is 408 g/mol. The van der Waals surface area contributed by atoms with Gasteiger partial charge >= 0.3 is 0 Å². The van der Waals surface area contributed by atoms with E-state index in [1.807, 2.05) is 42.2 Å². The number of benzene rings is 2. The van der Waals surface area contributed by atoms with Crippen molar-refractivity contribution in [1.29, 1.82) is 0 Å². The lowest BCUT2D eigenvalue weighted by Gasteiger charge is -2.32. The molecule has 0 spiro atoms. The summed E-state index contributed by atoms with van der Waals surface area (Å²) in [7, 11) is 3.29. The Morgan fingerprint density at radius 3 is 2.63 bits per heavy atom. The van der Waals surface area contributed by atoms with Crippen LogP contribution < -0.4 is 20.1 Å². The van der Waals surface area contributed by atoms with E-state index in [2.05, 4.69) is 15.9 Å². The molecule has 2 N–H and O–H groups in total. The number of nitrogens with zero attached hydrogens (tertiary/aromatic N) is 1. The topological polar surface area (TPSA) is 64.8 Å². The van der Waals surface area contributed by atoms with E-state index in [-0.39, 0.29) is 5.91 Å². The number of hydrogen-bond acceptors (Lipinski definition) is 4. The first-order valence-electron chi connectivity index (χ1n) is 9.01. The van der Waals surface area contributed by atoms with Crippen molar-refractivity contribution in [2.45, 2.75) is 32.2 Å². The van der Waals surface area contributed by atoms with Crippen LogP contribution in [0.5, 0.6) is 11.5 Å². The number of halogens is 1. The van der Waals surface area contributed by atoms with Gasteiger partial charge in [0.05, 0.1) is 20.3 Å². The number of ether oxygens (including phenoxy) is 2. The predicted octanol–water partition coefficient (Wildman–Crippen LogP) is 3.62. The zero-order valence-corrected chi connectivity index (χ0v) is 17.5. The lowest BCUT2D eigenvalue weighted by molar-refractivity contribution is -0.119. The van der Waals surface area contributed by atoms with Crippen LogP contribution in [0.2, 0.25) is 0 Å². The van der Waals surface area contributed by atoms with Crippen molar-refractivity contribution in [3.8, 4) is 11.5 Å². The summed E-state index contributed by atoms with van der Waals surface area (Å²) in [5.74, 6) is 1.54. The van der Waals surface area contributed by atoms with E-state index < -0.39 is 6.04 Å². The van der Waals surface area contributed by atoms with Gasteiger partial charge < -0.3 is 20.1 Å². The van der Waals surface area contributed by atoms with Crippen molar-refractivity contribution in [2.75, 3.05) is 25.7 Å². The quantitative estimate of drug-likeness (QED) is 0.783. The molecule has 1 amide bonds. The molecule has 5 nitrogen and oxygen atoms in total. The summed E-state index contributed by atoms with van der Waals surface area (Å²) in [5.41, 5.74) is 10.5. The third kappa shape index (κ3) is 4.12. The fourth-order valence-electron chi connectivity index (χ4n) is 3.56. The van der Waals surface area contributed by atoms with E-state index >= 15 is 0 Å². The normalized spacial score (nSPS) is 14.5. The largest absolute Gasteiger partial charge is 0.497 e. The van der Waals surface area contributed by atoms with Crippen LogP contribution in [-0.4, -0.2) is 32.7 Å². The molecule has 0 saturated carbocycles. The summed E-state index contributed by atoms with van der Waals surface area (Å²) >= 11 is 3.58. The second kappa shape index (κ2) is 8.31. The fourth-order valence-corrected chi connectivity index (χ4v) is 4.26. The number of anilines is 1. The first-order valence-corrected chi connectivity index (χ1v) is 9.80. The molecule has 27 heavy (non-hydrogen) atoms. The molecule has 0 saturated heterocycles. The predicted molar refractivity (Wildman–Crippen MR) is 111 cm³/mol. The average Bonchev–Trinajstić information content (AvgIpc) is 2.68. The van der Waals surface area contributed by atoms with Gasteiger partial charge in [-0.05, 0) is 73.2 Å². The summed E-state index contributed by atoms with van der Waals surface area (Å²) < 4.78 is 11.5. The molecule has 1 aliphatic rings. The number of carbonyl (C=O) groups excluding carboxylic acids is 1. The number of nitrogens with two attached hydrogens (primary N) is 1. The first-order chi connectivity index (χ1) is 12.9. The molecule has 1 unspecified atom stereocenters. The molecular formula is C21H25BrN2O3. The van der Waals surface area contributed by atoms with Crippen molar-refractivity contribution >= 4 is 27.5 Å². The van der Waals surface area contributed by atoms with Gasteiger partial charge in [-0.3, -0.25) is 4.79 Å². The Balaban J connectivity index is 1.81. The lowest BCUT2D eigenvalue weighted by atomic mass is 9.97. The molecule has 0 bridgehead atoms. The zero-order valence-electron chi connectivity index (χ0n) is 15.9. The van der Waals surface area contributed by atoms with Crippen LogP contribution >= 0.6 is 15.9 Å². The zero-order chi connectivity index (χ0) is 19.6. The summed E-state index contributed by atoms with van der Waals surface area (Å²) in [6.07, 6.45) is 2.33. The molecule has 3 rings (SSSR count). The number of aryl methyl sites for hydroxylation is 2. The van der Waals surface area contributed by atoms with Gasteiger partial charge in [-0.1, -0.05) is 15.9 Å². The van der Waals surface area contributed by atoms with Crippen LogP contribution in [0.3, 0.4) is 0 Å². The Bertz CT molecular complexity index is 830. The molecule has 0 fully saturated rings.